The first-order chi connectivity index (χ1) is 11.4. The topological polar surface area (TPSA) is 54.2 Å². The van der Waals surface area contributed by atoms with Crippen molar-refractivity contribution >= 4 is 5.82 Å². The molecule has 4 rings (SSSR count). The lowest BCUT2D eigenvalue weighted by molar-refractivity contribution is -0.141. The van der Waals surface area contributed by atoms with Crippen molar-refractivity contribution in [3.63, 3.8) is 0 Å². The molecule has 1 aliphatic carbocycles. The first-order valence-corrected chi connectivity index (χ1v) is 7.88. The van der Waals surface area contributed by atoms with Gasteiger partial charge < -0.3 is 14.6 Å². The predicted octanol–water partition coefficient (Wildman–Crippen LogP) is 2.36. The minimum absolute atomic E-state index is 0.0147. The molecule has 128 valence electrons. The van der Waals surface area contributed by atoms with E-state index in [9.17, 15) is 18.3 Å². The third-order valence-electron chi connectivity index (χ3n) is 5.13. The summed E-state index contributed by atoms with van der Waals surface area (Å²) < 4.78 is 40.4. The highest BCUT2D eigenvalue weighted by molar-refractivity contribution is 5.42. The van der Waals surface area contributed by atoms with Gasteiger partial charge in [-0.05, 0) is 24.5 Å². The Bertz CT molecular complexity index is 718. The molecule has 24 heavy (non-hydrogen) atoms. The van der Waals surface area contributed by atoms with Gasteiger partial charge in [-0.3, -0.25) is 0 Å². The second-order valence-electron chi connectivity index (χ2n) is 6.51. The van der Waals surface area contributed by atoms with E-state index in [2.05, 4.69) is 9.97 Å². The molecule has 1 saturated carbocycles. The molecule has 1 saturated heterocycles. The van der Waals surface area contributed by atoms with Crippen molar-refractivity contribution in [3.8, 4) is 0 Å². The van der Waals surface area contributed by atoms with E-state index in [1.54, 1.807) is 18.6 Å². The number of fused-ring (bicyclic) bond motifs is 1. The highest BCUT2D eigenvalue weighted by atomic mass is 19.4. The Labute approximate surface area is 136 Å². The second kappa shape index (κ2) is 5.47. The van der Waals surface area contributed by atoms with Gasteiger partial charge >= 0.3 is 6.18 Å². The smallest absolute Gasteiger partial charge is 0.391 e. The summed E-state index contributed by atoms with van der Waals surface area (Å²) in [5, 5.41) is 10.6. The molecule has 0 amide bonds. The number of hydrogen-bond donors (Lipinski definition) is 1. The van der Waals surface area contributed by atoms with Crippen LogP contribution in [0.5, 0.6) is 0 Å². The van der Waals surface area contributed by atoms with Crippen LogP contribution in [0.1, 0.15) is 18.2 Å². The van der Waals surface area contributed by atoms with Gasteiger partial charge in [-0.2, -0.15) is 13.2 Å². The Morgan fingerprint density at radius 3 is 2.71 bits per heavy atom. The fourth-order valence-electron chi connectivity index (χ4n) is 3.98. The van der Waals surface area contributed by atoms with Crippen LogP contribution in [-0.2, 0) is 6.18 Å². The zero-order valence-electron chi connectivity index (χ0n) is 12.8. The van der Waals surface area contributed by atoms with Crippen LogP contribution >= 0.6 is 0 Å². The molecule has 1 aliphatic heterocycles. The zero-order valence-corrected chi connectivity index (χ0v) is 12.8. The van der Waals surface area contributed by atoms with E-state index >= 15 is 0 Å². The fourth-order valence-corrected chi connectivity index (χ4v) is 3.98. The summed E-state index contributed by atoms with van der Waals surface area (Å²) in [5.74, 6) is 0.600. The maximum absolute atomic E-state index is 12.8. The van der Waals surface area contributed by atoms with Crippen molar-refractivity contribution in [2.24, 2.45) is 11.8 Å². The largest absolute Gasteiger partial charge is 0.433 e. The number of aliphatic hydroxyl groups is 1. The number of anilines is 1. The summed E-state index contributed by atoms with van der Waals surface area (Å²) in [7, 11) is 0. The molecule has 5 nitrogen and oxygen atoms in total. The molecule has 8 heteroatoms. The van der Waals surface area contributed by atoms with E-state index in [0.717, 1.165) is 12.5 Å². The summed E-state index contributed by atoms with van der Waals surface area (Å²) in [5.41, 5.74) is -0.881. The first kappa shape index (κ1) is 15.4. The number of alkyl halides is 3. The molecular weight excluding hydrogens is 321 g/mol. The molecule has 2 aromatic rings. The SMILES string of the molecule is O[C@H]1[C@H]2CN(c3cccc(C(F)(F)F)n3)C[C@H]2C[C@H]1n1ccnc1. The lowest BCUT2D eigenvalue weighted by Crippen LogP contribution is -2.30. The minimum atomic E-state index is -4.45. The van der Waals surface area contributed by atoms with Crippen LogP contribution in [0, 0.1) is 11.8 Å². The Morgan fingerprint density at radius 1 is 1.21 bits per heavy atom. The van der Waals surface area contributed by atoms with Gasteiger partial charge in [0.05, 0.1) is 18.5 Å². The Balaban J connectivity index is 1.51. The van der Waals surface area contributed by atoms with Gasteiger partial charge in [0.2, 0.25) is 0 Å². The molecule has 3 heterocycles. The standard InChI is InChI=1S/C16H17F3N4O/c17-16(18,19)13-2-1-3-14(21-13)23-7-10-6-12(15(24)11(10)8-23)22-5-4-20-9-22/h1-5,9-12,15,24H,6-8H2/t10-,11+,12-,15+/m1/s1. The Hall–Kier alpha value is -2.09. The van der Waals surface area contributed by atoms with Gasteiger partial charge in [0.15, 0.2) is 0 Å². The van der Waals surface area contributed by atoms with E-state index in [-0.39, 0.29) is 17.9 Å². The Morgan fingerprint density at radius 2 is 2.04 bits per heavy atom. The highest BCUT2D eigenvalue weighted by Gasteiger charge is 2.48. The average Bonchev–Trinajstić information content (AvgIpc) is 3.24. The molecule has 1 N–H and O–H groups in total. The molecule has 2 aliphatic rings. The molecule has 0 bridgehead atoms. The van der Waals surface area contributed by atoms with E-state index in [4.69, 9.17) is 0 Å². The third kappa shape index (κ3) is 2.54. The van der Waals surface area contributed by atoms with Gasteiger partial charge in [0.1, 0.15) is 11.5 Å². The molecule has 4 atom stereocenters. The summed E-state index contributed by atoms with van der Waals surface area (Å²) in [4.78, 5) is 9.61. The van der Waals surface area contributed by atoms with Crippen LogP contribution < -0.4 is 4.90 Å². The quantitative estimate of drug-likeness (QED) is 0.913. The predicted molar refractivity (Wildman–Crippen MR) is 80.3 cm³/mol. The highest BCUT2D eigenvalue weighted by Crippen LogP contribution is 2.45. The normalized spacial score (nSPS) is 29.9. The van der Waals surface area contributed by atoms with Crippen LogP contribution in [-0.4, -0.2) is 38.8 Å². The van der Waals surface area contributed by atoms with Crippen molar-refractivity contribution < 1.29 is 18.3 Å². The third-order valence-corrected chi connectivity index (χ3v) is 5.13. The van der Waals surface area contributed by atoms with E-state index in [0.29, 0.717) is 18.9 Å². The zero-order chi connectivity index (χ0) is 16.9. The van der Waals surface area contributed by atoms with Crippen LogP contribution in [0.3, 0.4) is 0 Å². The van der Waals surface area contributed by atoms with Crippen molar-refractivity contribution in [2.45, 2.75) is 24.7 Å². The molecule has 2 fully saturated rings. The number of imidazole rings is 1. The fraction of sp³-hybridized carbons (Fsp3) is 0.500. The lowest BCUT2D eigenvalue weighted by Gasteiger charge is -2.24. The van der Waals surface area contributed by atoms with Crippen molar-refractivity contribution in [1.29, 1.82) is 0 Å². The van der Waals surface area contributed by atoms with Gasteiger partial charge in [-0.1, -0.05) is 6.07 Å². The van der Waals surface area contributed by atoms with Crippen molar-refractivity contribution in [2.75, 3.05) is 18.0 Å². The monoisotopic (exact) mass is 338 g/mol. The Kier molecular flexibility index (Phi) is 3.52. The molecule has 0 spiro atoms. The van der Waals surface area contributed by atoms with Gasteiger partial charge in [-0.25, -0.2) is 9.97 Å². The number of nitrogens with zero attached hydrogens (tertiary/aromatic N) is 4. The van der Waals surface area contributed by atoms with Crippen LogP contribution in [0.2, 0.25) is 0 Å². The van der Waals surface area contributed by atoms with E-state index in [1.165, 1.54) is 6.07 Å². The summed E-state index contributed by atoms with van der Waals surface area (Å²) in [6, 6.07) is 3.93. The number of hydrogen-bond acceptors (Lipinski definition) is 4. The number of aromatic nitrogens is 3. The summed E-state index contributed by atoms with van der Waals surface area (Å²) >= 11 is 0. The summed E-state index contributed by atoms with van der Waals surface area (Å²) in [6.07, 6.45) is 1.02. The summed E-state index contributed by atoms with van der Waals surface area (Å²) in [6.45, 7) is 1.13. The molecule has 0 aromatic carbocycles. The number of aliphatic hydroxyl groups excluding tert-OH is 1. The molecule has 0 radical (unpaired) electrons. The van der Waals surface area contributed by atoms with Crippen LogP contribution in [0.4, 0.5) is 19.0 Å². The number of halogens is 3. The van der Waals surface area contributed by atoms with Gasteiger partial charge in [0, 0.05) is 31.4 Å². The molecular formula is C16H17F3N4O. The van der Waals surface area contributed by atoms with Crippen molar-refractivity contribution in [3.05, 3.63) is 42.6 Å². The van der Waals surface area contributed by atoms with Gasteiger partial charge in [0.25, 0.3) is 0 Å². The van der Waals surface area contributed by atoms with E-state index in [1.807, 2.05) is 15.7 Å². The molecule has 0 unspecified atom stereocenters. The lowest BCUT2D eigenvalue weighted by atomic mass is 9.99. The van der Waals surface area contributed by atoms with Gasteiger partial charge in [-0.15, -0.1) is 0 Å². The minimum Gasteiger partial charge on any atom is -0.391 e. The molecule has 2 aromatic heterocycles. The number of pyridine rings is 1. The van der Waals surface area contributed by atoms with Crippen LogP contribution in [0.25, 0.3) is 0 Å². The first-order valence-electron chi connectivity index (χ1n) is 7.88. The van der Waals surface area contributed by atoms with Crippen molar-refractivity contribution in [1.82, 2.24) is 14.5 Å². The maximum atomic E-state index is 12.8. The van der Waals surface area contributed by atoms with Crippen LogP contribution in [0.15, 0.2) is 36.9 Å². The number of rotatable bonds is 2. The van der Waals surface area contributed by atoms with E-state index < -0.39 is 18.0 Å². The maximum Gasteiger partial charge on any atom is 0.433 e. The second-order valence-corrected chi connectivity index (χ2v) is 6.51. The average molecular weight is 338 g/mol.